The van der Waals surface area contributed by atoms with Gasteiger partial charge in [-0.2, -0.15) is 0 Å². The molecule has 8 heteroatoms. The SMILES string of the molecule is Cc1ccc(NC(=O)COC(=O)CCNc2ncccn2)c(Cl)c1. The van der Waals surface area contributed by atoms with Crippen molar-refractivity contribution in [3.8, 4) is 0 Å². The largest absolute Gasteiger partial charge is 0.456 e. The number of ether oxygens (including phenoxy) is 1. The van der Waals surface area contributed by atoms with Crippen LogP contribution in [-0.2, 0) is 14.3 Å². The normalized spacial score (nSPS) is 10.1. The highest BCUT2D eigenvalue weighted by molar-refractivity contribution is 6.33. The molecule has 0 unspecified atom stereocenters. The van der Waals surface area contributed by atoms with Gasteiger partial charge >= 0.3 is 5.97 Å². The van der Waals surface area contributed by atoms with Crippen molar-refractivity contribution in [3.63, 3.8) is 0 Å². The fourth-order valence-electron chi connectivity index (χ4n) is 1.79. The molecule has 0 saturated carbocycles. The van der Waals surface area contributed by atoms with Crippen molar-refractivity contribution >= 4 is 35.1 Å². The standard InChI is InChI=1S/C16H17ClN4O3/c1-11-3-4-13(12(17)9-11)21-14(22)10-24-15(23)5-8-20-16-18-6-2-7-19-16/h2-4,6-7,9H,5,8,10H2,1H3,(H,21,22)(H,18,19,20). The lowest BCUT2D eigenvalue weighted by molar-refractivity contribution is -0.147. The molecule has 1 heterocycles. The van der Waals surface area contributed by atoms with Gasteiger partial charge in [-0.25, -0.2) is 9.97 Å². The molecule has 0 bridgehead atoms. The Morgan fingerprint density at radius 1 is 1.25 bits per heavy atom. The zero-order chi connectivity index (χ0) is 17.4. The Bertz CT molecular complexity index is 710. The predicted molar refractivity (Wildman–Crippen MR) is 90.9 cm³/mol. The molecule has 0 fully saturated rings. The van der Waals surface area contributed by atoms with E-state index in [0.29, 0.717) is 23.2 Å². The number of rotatable bonds is 7. The van der Waals surface area contributed by atoms with E-state index in [1.165, 1.54) is 0 Å². The van der Waals surface area contributed by atoms with Crippen molar-refractivity contribution in [1.29, 1.82) is 0 Å². The van der Waals surface area contributed by atoms with Crippen LogP contribution in [0.4, 0.5) is 11.6 Å². The summed E-state index contributed by atoms with van der Waals surface area (Å²) in [7, 11) is 0. The van der Waals surface area contributed by atoms with Crippen LogP contribution >= 0.6 is 11.6 Å². The summed E-state index contributed by atoms with van der Waals surface area (Å²) in [4.78, 5) is 31.3. The zero-order valence-electron chi connectivity index (χ0n) is 13.1. The van der Waals surface area contributed by atoms with E-state index in [1.807, 2.05) is 13.0 Å². The molecule has 1 amide bonds. The van der Waals surface area contributed by atoms with Gasteiger partial charge in [0.1, 0.15) is 0 Å². The van der Waals surface area contributed by atoms with Crippen LogP contribution in [0.2, 0.25) is 5.02 Å². The first-order valence-corrected chi connectivity index (χ1v) is 7.65. The molecule has 2 rings (SSSR count). The number of esters is 1. The summed E-state index contributed by atoms with van der Waals surface area (Å²) in [6, 6.07) is 6.95. The number of carbonyl (C=O) groups excluding carboxylic acids is 2. The summed E-state index contributed by atoms with van der Waals surface area (Å²) in [5.41, 5.74) is 1.46. The van der Waals surface area contributed by atoms with Crippen molar-refractivity contribution < 1.29 is 14.3 Å². The molecule has 0 radical (unpaired) electrons. The monoisotopic (exact) mass is 348 g/mol. The van der Waals surface area contributed by atoms with Gasteiger partial charge in [0.25, 0.3) is 5.91 Å². The number of nitrogens with one attached hydrogen (secondary N) is 2. The van der Waals surface area contributed by atoms with Gasteiger partial charge in [-0.15, -0.1) is 0 Å². The summed E-state index contributed by atoms with van der Waals surface area (Å²) >= 11 is 6.02. The average molecular weight is 349 g/mol. The molecule has 1 aromatic carbocycles. The van der Waals surface area contributed by atoms with Crippen molar-refractivity contribution in [2.45, 2.75) is 13.3 Å². The van der Waals surface area contributed by atoms with E-state index < -0.39 is 11.9 Å². The van der Waals surface area contributed by atoms with Gasteiger partial charge in [-0.3, -0.25) is 9.59 Å². The Morgan fingerprint density at radius 2 is 2.00 bits per heavy atom. The number of nitrogens with zero attached hydrogens (tertiary/aromatic N) is 2. The first kappa shape index (κ1) is 17.7. The number of aryl methyl sites for hydroxylation is 1. The Balaban J connectivity index is 1.68. The van der Waals surface area contributed by atoms with Crippen LogP contribution in [0, 0.1) is 6.92 Å². The summed E-state index contributed by atoms with van der Waals surface area (Å²) in [6.45, 7) is 1.84. The van der Waals surface area contributed by atoms with Gasteiger partial charge in [0.15, 0.2) is 6.61 Å². The zero-order valence-corrected chi connectivity index (χ0v) is 13.8. The minimum absolute atomic E-state index is 0.0941. The highest BCUT2D eigenvalue weighted by atomic mass is 35.5. The van der Waals surface area contributed by atoms with E-state index in [9.17, 15) is 9.59 Å². The first-order valence-electron chi connectivity index (χ1n) is 7.27. The summed E-state index contributed by atoms with van der Waals surface area (Å²) in [6.07, 6.45) is 3.28. The third kappa shape index (κ3) is 5.85. The molecule has 24 heavy (non-hydrogen) atoms. The van der Waals surface area contributed by atoms with Crippen molar-refractivity contribution in [1.82, 2.24) is 9.97 Å². The average Bonchev–Trinajstić information content (AvgIpc) is 2.56. The summed E-state index contributed by atoms with van der Waals surface area (Å²) in [5, 5.41) is 5.90. The molecule has 0 aliphatic carbocycles. The van der Waals surface area contributed by atoms with Gasteiger partial charge < -0.3 is 15.4 Å². The predicted octanol–water partition coefficient (Wildman–Crippen LogP) is 2.42. The number of amides is 1. The van der Waals surface area contributed by atoms with Gasteiger partial charge in [0, 0.05) is 18.9 Å². The molecule has 0 saturated heterocycles. The van der Waals surface area contributed by atoms with E-state index >= 15 is 0 Å². The van der Waals surface area contributed by atoms with Crippen LogP contribution in [0.3, 0.4) is 0 Å². The van der Waals surface area contributed by atoms with E-state index in [-0.39, 0.29) is 13.0 Å². The second kappa shape index (κ2) is 8.83. The fraction of sp³-hybridized carbons (Fsp3) is 0.250. The molecule has 0 aliphatic heterocycles. The van der Waals surface area contributed by atoms with Crippen LogP contribution in [0.15, 0.2) is 36.7 Å². The lowest BCUT2D eigenvalue weighted by Gasteiger charge is -2.09. The minimum atomic E-state index is -0.497. The lowest BCUT2D eigenvalue weighted by Crippen LogP contribution is -2.22. The third-order valence-corrected chi connectivity index (χ3v) is 3.25. The van der Waals surface area contributed by atoms with Crippen LogP contribution < -0.4 is 10.6 Å². The highest BCUT2D eigenvalue weighted by Gasteiger charge is 2.09. The maximum absolute atomic E-state index is 11.8. The second-order valence-corrected chi connectivity index (χ2v) is 5.35. The van der Waals surface area contributed by atoms with E-state index in [0.717, 1.165) is 5.56 Å². The number of benzene rings is 1. The Kier molecular flexibility index (Phi) is 6.51. The number of anilines is 2. The number of carbonyl (C=O) groups is 2. The maximum atomic E-state index is 11.8. The minimum Gasteiger partial charge on any atom is -0.456 e. The Morgan fingerprint density at radius 3 is 2.71 bits per heavy atom. The first-order chi connectivity index (χ1) is 11.5. The molecule has 2 aromatic rings. The molecule has 1 aromatic heterocycles. The van der Waals surface area contributed by atoms with Crippen molar-refractivity contribution in [2.24, 2.45) is 0 Å². The molecule has 126 valence electrons. The smallest absolute Gasteiger partial charge is 0.308 e. The number of hydrogen-bond acceptors (Lipinski definition) is 6. The van der Waals surface area contributed by atoms with Crippen molar-refractivity contribution in [2.75, 3.05) is 23.8 Å². The number of hydrogen-bond donors (Lipinski definition) is 2. The van der Waals surface area contributed by atoms with Crippen molar-refractivity contribution in [3.05, 3.63) is 47.2 Å². The van der Waals surface area contributed by atoms with Crippen LogP contribution in [0.5, 0.6) is 0 Å². The van der Waals surface area contributed by atoms with Gasteiger partial charge in [0.2, 0.25) is 5.95 Å². The lowest BCUT2D eigenvalue weighted by atomic mass is 10.2. The van der Waals surface area contributed by atoms with Gasteiger partial charge in [-0.1, -0.05) is 17.7 Å². The second-order valence-electron chi connectivity index (χ2n) is 4.94. The van der Waals surface area contributed by atoms with Crippen LogP contribution in [0.1, 0.15) is 12.0 Å². The van der Waals surface area contributed by atoms with Gasteiger partial charge in [-0.05, 0) is 30.7 Å². The Hall–Kier alpha value is -2.67. The molecule has 0 atom stereocenters. The van der Waals surface area contributed by atoms with Crippen LogP contribution in [-0.4, -0.2) is 35.0 Å². The maximum Gasteiger partial charge on any atom is 0.308 e. The quantitative estimate of drug-likeness (QED) is 0.746. The molecular weight excluding hydrogens is 332 g/mol. The van der Waals surface area contributed by atoms with E-state index in [4.69, 9.17) is 16.3 Å². The Labute approximate surface area is 144 Å². The van der Waals surface area contributed by atoms with E-state index in [1.54, 1.807) is 30.6 Å². The third-order valence-electron chi connectivity index (χ3n) is 2.94. The van der Waals surface area contributed by atoms with Gasteiger partial charge in [0.05, 0.1) is 17.1 Å². The summed E-state index contributed by atoms with van der Waals surface area (Å²) in [5.74, 6) is -0.519. The molecule has 0 spiro atoms. The summed E-state index contributed by atoms with van der Waals surface area (Å²) < 4.78 is 4.90. The number of halogens is 1. The molecule has 2 N–H and O–H groups in total. The molecule has 0 aliphatic rings. The topological polar surface area (TPSA) is 93.2 Å². The van der Waals surface area contributed by atoms with Crippen LogP contribution in [0.25, 0.3) is 0 Å². The highest BCUT2D eigenvalue weighted by Crippen LogP contribution is 2.22. The van der Waals surface area contributed by atoms with E-state index in [2.05, 4.69) is 20.6 Å². The molecular formula is C16H17ClN4O3. The fourth-order valence-corrected chi connectivity index (χ4v) is 2.08. The number of aromatic nitrogens is 2. The molecule has 7 nitrogen and oxygen atoms in total.